The van der Waals surface area contributed by atoms with E-state index in [0.29, 0.717) is 21.7 Å². The van der Waals surface area contributed by atoms with Crippen LogP contribution < -0.4 is 5.32 Å². The molecular formula is C18H15N3O2S. The maximum absolute atomic E-state index is 12.6. The number of ketones is 1. The van der Waals surface area contributed by atoms with Gasteiger partial charge in [-0.1, -0.05) is 18.2 Å². The molecule has 120 valence electrons. The molecule has 0 saturated heterocycles. The molecule has 0 aliphatic carbocycles. The normalized spacial score (nSPS) is 10.4. The summed E-state index contributed by atoms with van der Waals surface area (Å²) >= 11 is 5.27. The van der Waals surface area contributed by atoms with Crippen molar-refractivity contribution >= 4 is 29.6 Å². The van der Waals surface area contributed by atoms with Crippen LogP contribution in [0.25, 0.3) is 5.69 Å². The Bertz CT molecular complexity index is 940. The molecule has 6 heteroatoms. The van der Waals surface area contributed by atoms with Crippen molar-refractivity contribution < 1.29 is 9.59 Å². The predicted molar refractivity (Wildman–Crippen MR) is 95.4 cm³/mol. The number of aromatic amines is 1. The highest BCUT2D eigenvalue weighted by Gasteiger charge is 2.14. The van der Waals surface area contributed by atoms with Gasteiger partial charge >= 0.3 is 0 Å². The quantitative estimate of drug-likeness (QED) is 0.559. The second-order valence-corrected chi connectivity index (χ2v) is 5.62. The molecule has 2 N–H and O–H groups in total. The van der Waals surface area contributed by atoms with Gasteiger partial charge in [0.05, 0.1) is 0 Å². The topological polar surface area (TPSA) is 66.9 Å². The molecule has 3 aromatic rings. The Morgan fingerprint density at radius 1 is 1.04 bits per heavy atom. The second kappa shape index (κ2) is 6.64. The number of carbonyl (C=O) groups is 2. The fourth-order valence-electron chi connectivity index (χ4n) is 2.35. The number of nitrogens with zero attached hydrogens (tertiary/aromatic N) is 1. The molecule has 5 nitrogen and oxygen atoms in total. The molecule has 0 atom stereocenters. The molecule has 0 fully saturated rings. The highest BCUT2D eigenvalue weighted by Crippen LogP contribution is 2.15. The monoisotopic (exact) mass is 337 g/mol. The number of hydrogen-bond donors (Lipinski definition) is 2. The molecule has 1 amide bonds. The predicted octanol–water partition coefficient (Wildman–Crippen LogP) is 3.99. The SMILES string of the molecule is CC(=O)c1ccc(NC(=O)c2c[nH]c(=S)n2-c2ccccc2)cc1. The van der Waals surface area contributed by atoms with Crippen molar-refractivity contribution in [3.63, 3.8) is 0 Å². The van der Waals surface area contributed by atoms with Crippen LogP contribution in [0.1, 0.15) is 27.8 Å². The molecule has 24 heavy (non-hydrogen) atoms. The van der Waals surface area contributed by atoms with Crippen molar-refractivity contribution in [2.75, 3.05) is 5.32 Å². The number of para-hydroxylation sites is 1. The number of carbonyl (C=O) groups excluding carboxylic acids is 2. The summed E-state index contributed by atoms with van der Waals surface area (Å²) in [5.41, 5.74) is 2.42. The summed E-state index contributed by atoms with van der Waals surface area (Å²) in [5.74, 6) is -0.307. The molecule has 0 unspecified atom stereocenters. The smallest absolute Gasteiger partial charge is 0.274 e. The Hall–Kier alpha value is -2.99. The minimum absolute atomic E-state index is 0.0174. The minimum Gasteiger partial charge on any atom is -0.336 e. The van der Waals surface area contributed by atoms with E-state index in [9.17, 15) is 9.59 Å². The molecule has 1 heterocycles. The zero-order valence-electron chi connectivity index (χ0n) is 12.9. The molecule has 0 saturated carbocycles. The largest absolute Gasteiger partial charge is 0.336 e. The Balaban J connectivity index is 1.89. The van der Waals surface area contributed by atoms with Crippen molar-refractivity contribution in [1.82, 2.24) is 9.55 Å². The number of rotatable bonds is 4. The fourth-order valence-corrected chi connectivity index (χ4v) is 2.62. The van der Waals surface area contributed by atoms with Gasteiger partial charge in [0.15, 0.2) is 10.6 Å². The zero-order chi connectivity index (χ0) is 17.1. The maximum Gasteiger partial charge on any atom is 0.274 e. The molecular weight excluding hydrogens is 322 g/mol. The lowest BCUT2D eigenvalue weighted by Crippen LogP contribution is -2.16. The van der Waals surface area contributed by atoms with Crippen molar-refractivity contribution in [2.45, 2.75) is 6.92 Å². The third-order valence-corrected chi connectivity index (χ3v) is 3.87. The summed E-state index contributed by atoms with van der Waals surface area (Å²) in [6.45, 7) is 1.50. The van der Waals surface area contributed by atoms with E-state index in [2.05, 4.69) is 10.3 Å². The number of anilines is 1. The van der Waals surface area contributed by atoms with Crippen LogP contribution >= 0.6 is 12.2 Å². The van der Waals surface area contributed by atoms with E-state index >= 15 is 0 Å². The molecule has 3 rings (SSSR count). The van der Waals surface area contributed by atoms with E-state index in [1.807, 2.05) is 30.3 Å². The average Bonchev–Trinajstić information content (AvgIpc) is 2.98. The summed E-state index contributed by atoms with van der Waals surface area (Å²) in [7, 11) is 0. The fraction of sp³-hybridized carbons (Fsp3) is 0.0556. The van der Waals surface area contributed by atoms with E-state index in [-0.39, 0.29) is 11.7 Å². The summed E-state index contributed by atoms with van der Waals surface area (Å²) < 4.78 is 2.12. The summed E-state index contributed by atoms with van der Waals surface area (Å²) in [5, 5.41) is 2.81. The van der Waals surface area contributed by atoms with Crippen LogP contribution in [0.3, 0.4) is 0 Å². The van der Waals surface area contributed by atoms with Gasteiger partial charge in [-0.05, 0) is 55.5 Å². The number of amides is 1. The third kappa shape index (κ3) is 3.18. The van der Waals surface area contributed by atoms with Crippen LogP contribution in [0.5, 0.6) is 0 Å². The lowest BCUT2D eigenvalue weighted by atomic mass is 10.1. The van der Waals surface area contributed by atoms with Gasteiger partial charge in [-0.25, -0.2) is 0 Å². The molecule has 1 aromatic heterocycles. The summed E-state index contributed by atoms with van der Waals surface area (Å²) in [4.78, 5) is 26.8. The lowest BCUT2D eigenvalue weighted by Gasteiger charge is -2.09. The van der Waals surface area contributed by atoms with Gasteiger partial charge in [0, 0.05) is 23.1 Å². The van der Waals surface area contributed by atoms with E-state index in [0.717, 1.165) is 5.69 Å². The third-order valence-electron chi connectivity index (χ3n) is 3.57. The first-order chi connectivity index (χ1) is 11.6. The van der Waals surface area contributed by atoms with Gasteiger partial charge in [-0.3, -0.25) is 14.2 Å². The number of aromatic nitrogens is 2. The maximum atomic E-state index is 12.6. The molecule has 0 radical (unpaired) electrons. The number of Topliss-reactive ketones (excluding diaryl/α,β-unsaturated/α-hetero) is 1. The number of benzene rings is 2. The van der Waals surface area contributed by atoms with Crippen molar-refractivity contribution in [1.29, 1.82) is 0 Å². The Kier molecular flexibility index (Phi) is 4.39. The summed E-state index contributed by atoms with van der Waals surface area (Å²) in [6, 6.07) is 16.2. The minimum atomic E-state index is -0.290. The van der Waals surface area contributed by atoms with Crippen LogP contribution in [0.2, 0.25) is 0 Å². The number of nitrogens with one attached hydrogen (secondary N) is 2. The Morgan fingerprint density at radius 2 is 1.71 bits per heavy atom. The van der Waals surface area contributed by atoms with Gasteiger partial charge < -0.3 is 10.3 Å². The highest BCUT2D eigenvalue weighted by molar-refractivity contribution is 7.71. The van der Waals surface area contributed by atoms with Crippen molar-refractivity contribution in [3.05, 3.63) is 76.8 Å². The first-order valence-corrected chi connectivity index (χ1v) is 7.75. The standard InChI is InChI=1S/C18H15N3O2S/c1-12(22)13-7-9-14(10-8-13)20-17(23)16-11-19-18(24)21(16)15-5-3-2-4-6-15/h2-11H,1H3,(H,19,24)(H,20,23). The van der Waals surface area contributed by atoms with Crippen LogP contribution in [0.4, 0.5) is 5.69 Å². The number of imidazole rings is 1. The summed E-state index contributed by atoms with van der Waals surface area (Å²) in [6.07, 6.45) is 1.58. The molecule has 0 bridgehead atoms. The number of hydrogen-bond acceptors (Lipinski definition) is 3. The van der Waals surface area contributed by atoms with Crippen LogP contribution in [0.15, 0.2) is 60.8 Å². The number of H-pyrrole nitrogens is 1. The Labute approximate surface area is 144 Å². The van der Waals surface area contributed by atoms with Gasteiger partial charge in [-0.15, -0.1) is 0 Å². The second-order valence-electron chi connectivity index (χ2n) is 5.24. The first kappa shape index (κ1) is 15.9. The van der Waals surface area contributed by atoms with E-state index in [1.165, 1.54) is 6.92 Å². The zero-order valence-corrected chi connectivity index (χ0v) is 13.8. The molecule has 0 aliphatic rings. The Morgan fingerprint density at radius 3 is 2.33 bits per heavy atom. The van der Waals surface area contributed by atoms with Gasteiger partial charge in [0.2, 0.25) is 0 Å². The van der Waals surface area contributed by atoms with Gasteiger partial charge in [0.25, 0.3) is 5.91 Å². The van der Waals surface area contributed by atoms with Gasteiger partial charge in [0.1, 0.15) is 5.69 Å². The van der Waals surface area contributed by atoms with Crippen LogP contribution in [-0.2, 0) is 0 Å². The van der Waals surface area contributed by atoms with Crippen molar-refractivity contribution in [2.24, 2.45) is 0 Å². The molecule has 2 aromatic carbocycles. The molecule has 0 spiro atoms. The van der Waals surface area contributed by atoms with Crippen LogP contribution in [-0.4, -0.2) is 21.2 Å². The van der Waals surface area contributed by atoms with E-state index in [4.69, 9.17) is 12.2 Å². The molecule has 0 aliphatic heterocycles. The first-order valence-electron chi connectivity index (χ1n) is 7.34. The van der Waals surface area contributed by atoms with Crippen LogP contribution in [0, 0.1) is 4.77 Å². The van der Waals surface area contributed by atoms with E-state index < -0.39 is 0 Å². The highest BCUT2D eigenvalue weighted by atomic mass is 32.1. The van der Waals surface area contributed by atoms with Crippen molar-refractivity contribution in [3.8, 4) is 5.69 Å². The van der Waals surface area contributed by atoms with Gasteiger partial charge in [-0.2, -0.15) is 0 Å². The lowest BCUT2D eigenvalue weighted by molar-refractivity contribution is 0.101. The van der Waals surface area contributed by atoms with E-state index in [1.54, 1.807) is 35.0 Å². The average molecular weight is 337 g/mol.